The van der Waals surface area contributed by atoms with Gasteiger partial charge in [0.25, 0.3) is 0 Å². The summed E-state index contributed by atoms with van der Waals surface area (Å²) in [4.78, 5) is 1.33. The van der Waals surface area contributed by atoms with E-state index in [0.717, 1.165) is 5.92 Å². The zero-order chi connectivity index (χ0) is 6.85. The average Bonchev–Trinajstić information content (AvgIpc) is 1.80. The highest BCUT2D eigenvalue weighted by Crippen LogP contribution is 2.30. The summed E-state index contributed by atoms with van der Waals surface area (Å²) in [5.74, 6) is 0.862. The Bertz CT molecular complexity index is 136. The van der Waals surface area contributed by atoms with Crippen molar-refractivity contribution in [1.29, 1.82) is 0 Å². The first-order chi connectivity index (χ1) is 4.20. The van der Waals surface area contributed by atoms with Gasteiger partial charge >= 0.3 is 0 Å². The molecule has 1 aliphatic carbocycles. The van der Waals surface area contributed by atoms with Crippen LogP contribution in [0, 0.1) is 5.92 Å². The minimum atomic E-state index is 0.862. The van der Waals surface area contributed by atoms with Crippen LogP contribution in [0.1, 0.15) is 33.1 Å². The lowest BCUT2D eigenvalue weighted by molar-refractivity contribution is 0.510. The van der Waals surface area contributed by atoms with Gasteiger partial charge in [0.15, 0.2) is 0 Å². The van der Waals surface area contributed by atoms with E-state index >= 15 is 0 Å². The SMILES string of the molecule is CC1=C(S)CC(C)CC1. The fraction of sp³-hybridized carbons (Fsp3) is 0.750. The summed E-state index contributed by atoms with van der Waals surface area (Å²) in [6.07, 6.45) is 3.82. The first-order valence-corrected chi connectivity index (χ1v) is 4.02. The van der Waals surface area contributed by atoms with Crippen LogP contribution in [0.25, 0.3) is 0 Å². The third-order valence-electron chi connectivity index (χ3n) is 2.05. The fourth-order valence-corrected chi connectivity index (χ4v) is 1.64. The van der Waals surface area contributed by atoms with Crippen molar-refractivity contribution >= 4 is 12.6 Å². The van der Waals surface area contributed by atoms with Gasteiger partial charge in [0, 0.05) is 0 Å². The molecule has 0 amide bonds. The van der Waals surface area contributed by atoms with Gasteiger partial charge in [-0.1, -0.05) is 12.5 Å². The monoisotopic (exact) mass is 142 g/mol. The zero-order valence-electron chi connectivity index (χ0n) is 6.15. The molecule has 1 rings (SSSR count). The second kappa shape index (κ2) is 2.78. The van der Waals surface area contributed by atoms with E-state index in [1.807, 2.05) is 0 Å². The van der Waals surface area contributed by atoms with Gasteiger partial charge < -0.3 is 0 Å². The molecule has 0 bridgehead atoms. The van der Waals surface area contributed by atoms with Crippen LogP contribution < -0.4 is 0 Å². The van der Waals surface area contributed by atoms with E-state index in [4.69, 9.17) is 0 Å². The Morgan fingerprint density at radius 2 is 2.22 bits per heavy atom. The molecule has 0 aliphatic heterocycles. The first kappa shape index (κ1) is 7.20. The average molecular weight is 142 g/mol. The predicted octanol–water partition coefficient (Wildman–Crippen LogP) is 3.01. The van der Waals surface area contributed by atoms with E-state index < -0.39 is 0 Å². The number of hydrogen-bond donors (Lipinski definition) is 1. The molecule has 1 aliphatic rings. The second-order valence-electron chi connectivity index (χ2n) is 3.07. The smallest absolute Gasteiger partial charge is 0.0192 e. The zero-order valence-corrected chi connectivity index (χ0v) is 7.04. The largest absolute Gasteiger partial charge is 0.148 e. The lowest BCUT2D eigenvalue weighted by Crippen LogP contribution is -2.02. The summed E-state index contributed by atoms with van der Waals surface area (Å²) in [6.45, 7) is 4.48. The number of allylic oxidation sites excluding steroid dienone is 2. The van der Waals surface area contributed by atoms with Crippen LogP contribution >= 0.6 is 12.6 Å². The molecule has 0 aromatic rings. The standard InChI is InChI=1S/C8H14S/c1-6-3-4-7(2)8(9)5-6/h6,9H,3-5H2,1-2H3. The van der Waals surface area contributed by atoms with Gasteiger partial charge in [-0.15, -0.1) is 12.6 Å². The fourth-order valence-electron chi connectivity index (χ4n) is 1.21. The highest BCUT2D eigenvalue weighted by Gasteiger charge is 2.11. The Hall–Kier alpha value is 0.0900. The van der Waals surface area contributed by atoms with Crippen LogP contribution in [0.5, 0.6) is 0 Å². The van der Waals surface area contributed by atoms with E-state index in [2.05, 4.69) is 26.5 Å². The maximum atomic E-state index is 4.40. The summed E-state index contributed by atoms with van der Waals surface area (Å²) in [6, 6.07) is 0. The van der Waals surface area contributed by atoms with Crippen molar-refractivity contribution in [2.75, 3.05) is 0 Å². The number of thiol groups is 1. The number of rotatable bonds is 0. The molecule has 0 spiro atoms. The summed E-state index contributed by atoms with van der Waals surface area (Å²) in [7, 11) is 0. The van der Waals surface area contributed by atoms with Gasteiger partial charge in [-0.25, -0.2) is 0 Å². The molecule has 1 atom stereocenters. The van der Waals surface area contributed by atoms with E-state index in [1.54, 1.807) is 0 Å². The predicted molar refractivity (Wildman–Crippen MR) is 44.7 cm³/mol. The van der Waals surface area contributed by atoms with Crippen LogP contribution in [-0.4, -0.2) is 0 Å². The van der Waals surface area contributed by atoms with Gasteiger partial charge in [-0.2, -0.15) is 0 Å². The van der Waals surface area contributed by atoms with Gasteiger partial charge in [0.05, 0.1) is 0 Å². The Balaban J connectivity index is 2.61. The first-order valence-electron chi connectivity index (χ1n) is 3.57. The van der Waals surface area contributed by atoms with Crippen LogP contribution in [-0.2, 0) is 0 Å². The molecule has 0 saturated heterocycles. The third kappa shape index (κ3) is 1.75. The maximum absolute atomic E-state index is 4.40. The van der Waals surface area contributed by atoms with Crippen molar-refractivity contribution in [3.63, 3.8) is 0 Å². The lowest BCUT2D eigenvalue weighted by Gasteiger charge is -2.19. The molecule has 0 fully saturated rings. The normalized spacial score (nSPS) is 29.0. The van der Waals surface area contributed by atoms with Crippen molar-refractivity contribution in [2.45, 2.75) is 33.1 Å². The van der Waals surface area contributed by atoms with E-state index in [0.29, 0.717) is 0 Å². The molecule has 0 aromatic carbocycles. The van der Waals surface area contributed by atoms with Crippen molar-refractivity contribution in [3.8, 4) is 0 Å². The highest BCUT2D eigenvalue weighted by molar-refractivity contribution is 7.84. The molecule has 0 saturated carbocycles. The molecule has 1 heteroatoms. The Labute approximate surface area is 62.8 Å². The molecule has 0 nitrogen and oxygen atoms in total. The second-order valence-corrected chi connectivity index (χ2v) is 3.61. The number of hydrogen-bond acceptors (Lipinski definition) is 1. The molecule has 0 N–H and O–H groups in total. The third-order valence-corrected chi connectivity index (χ3v) is 2.61. The molecular weight excluding hydrogens is 128 g/mol. The highest BCUT2D eigenvalue weighted by atomic mass is 32.1. The van der Waals surface area contributed by atoms with Gasteiger partial charge in [0.2, 0.25) is 0 Å². The van der Waals surface area contributed by atoms with Gasteiger partial charge in [-0.05, 0) is 37.0 Å². The van der Waals surface area contributed by atoms with E-state index in [9.17, 15) is 0 Å². The van der Waals surface area contributed by atoms with Gasteiger partial charge in [0.1, 0.15) is 0 Å². The Morgan fingerprint density at radius 1 is 1.56 bits per heavy atom. The summed E-state index contributed by atoms with van der Waals surface area (Å²) in [5.41, 5.74) is 1.50. The molecule has 1 unspecified atom stereocenters. The van der Waals surface area contributed by atoms with Crippen molar-refractivity contribution in [2.24, 2.45) is 5.92 Å². The van der Waals surface area contributed by atoms with Crippen LogP contribution in [0.15, 0.2) is 10.5 Å². The van der Waals surface area contributed by atoms with Crippen LogP contribution in [0.3, 0.4) is 0 Å². The summed E-state index contributed by atoms with van der Waals surface area (Å²) in [5, 5.41) is 0. The molecule has 0 radical (unpaired) electrons. The quantitative estimate of drug-likeness (QED) is 0.494. The minimum Gasteiger partial charge on any atom is -0.148 e. The molecule has 52 valence electrons. The van der Waals surface area contributed by atoms with E-state index in [-0.39, 0.29) is 0 Å². The molecule has 0 heterocycles. The van der Waals surface area contributed by atoms with Crippen molar-refractivity contribution in [3.05, 3.63) is 10.5 Å². The van der Waals surface area contributed by atoms with E-state index in [1.165, 1.54) is 29.7 Å². The van der Waals surface area contributed by atoms with Crippen LogP contribution in [0.2, 0.25) is 0 Å². The maximum Gasteiger partial charge on any atom is -0.0192 e. The lowest BCUT2D eigenvalue weighted by atomic mass is 9.92. The van der Waals surface area contributed by atoms with Gasteiger partial charge in [-0.3, -0.25) is 0 Å². The van der Waals surface area contributed by atoms with Crippen molar-refractivity contribution < 1.29 is 0 Å². The molecule has 9 heavy (non-hydrogen) atoms. The topological polar surface area (TPSA) is 0 Å². The molecular formula is C8H14S. The summed E-state index contributed by atoms with van der Waals surface area (Å²) < 4.78 is 0. The molecule has 0 aromatic heterocycles. The van der Waals surface area contributed by atoms with Crippen LogP contribution in [0.4, 0.5) is 0 Å². The summed E-state index contributed by atoms with van der Waals surface area (Å²) >= 11 is 4.40. The van der Waals surface area contributed by atoms with Crippen molar-refractivity contribution in [1.82, 2.24) is 0 Å². The Kier molecular flexibility index (Phi) is 2.23. The Morgan fingerprint density at radius 3 is 2.67 bits per heavy atom. The minimum absolute atomic E-state index is 0.862.